The van der Waals surface area contributed by atoms with Gasteiger partial charge in [-0.3, -0.25) is 4.79 Å². The maximum absolute atomic E-state index is 11.0. The molecule has 0 heterocycles. The smallest absolute Gasteiger partial charge is 0.246 e. The zero-order chi connectivity index (χ0) is 10.4. The van der Waals surface area contributed by atoms with E-state index in [-0.39, 0.29) is 31.2 Å². The number of hydrogen-bond donors (Lipinski definition) is 2. The Balaban J connectivity index is 2.08. The molecule has 1 rings (SSSR count). The van der Waals surface area contributed by atoms with E-state index in [1.54, 1.807) is 0 Å². The fraction of sp³-hybridized carbons (Fsp3) is 0.778. The third-order valence-corrected chi connectivity index (χ3v) is 2.24. The Bertz CT molecular complexity index is 237. The van der Waals surface area contributed by atoms with Gasteiger partial charge < -0.3 is 15.8 Å². The van der Waals surface area contributed by atoms with Crippen LogP contribution in [0.3, 0.4) is 0 Å². The van der Waals surface area contributed by atoms with Crippen molar-refractivity contribution < 1.29 is 9.53 Å². The zero-order valence-corrected chi connectivity index (χ0v) is 8.03. The summed E-state index contributed by atoms with van der Waals surface area (Å²) in [6.07, 6.45) is 2.82. The zero-order valence-electron chi connectivity index (χ0n) is 8.03. The molecule has 0 aromatic heterocycles. The Hall–Kier alpha value is -1.12. The second kappa shape index (κ2) is 5.58. The number of amides is 1. The molecule has 1 amide bonds. The van der Waals surface area contributed by atoms with Crippen LogP contribution in [0.15, 0.2) is 0 Å². The maximum atomic E-state index is 11.0. The average molecular weight is 197 g/mol. The van der Waals surface area contributed by atoms with Crippen molar-refractivity contribution in [1.29, 1.82) is 5.26 Å². The molecule has 0 aromatic carbocycles. The molecule has 0 spiro atoms. The fourth-order valence-corrected chi connectivity index (χ4v) is 1.51. The summed E-state index contributed by atoms with van der Waals surface area (Å²) in [6.45, 7) is 0.0610. The van der Waals surface area contributed by atoms with Gasteiger partial charge in [-0.25, -0.2) is 0 Å². The number of ether oxygens (including phenoxy) is 1. The molecule has 0 bridgehead atoms. The van der Waals surface area contributed by atoms with Crippen molar-refractivity contribution >= 4 is 5.91 Å². The largest absolute Gasteiger partial charge is 0.368 e. The van der Waals surface area contributed by atoms with Gasteiger partial charge in [-0.15, -0.1) is 0 Å². The first-order chi connectivity index (χ1) is 6.72. The van der Waals surface area contributed by atoms with Crippen LogP contribution in [0.5, 0.6) is 0 Å². The minimum atomic E-state index is -0.243. The van der Waals surface area contributed by atoms with E-state index in [0.29, 0.717) is 0 Å². The van der Waals surface area contributed by atoms with Gasteiger partial charge in [0.15, 0.2) is 0 Å². The molecular weight excluding hydrogens is 182 g/mol. The molecule has 0 saturated heterocycles. The predicted molar refractivity (Wildman–Crippen MR) is 50.2 cm³/mol. The highest BCUT2D eigenvalue weighted by Crippen LogP contribution is 2.19. The lowest BCUT2D eigenvalue weighted by Crippen LogP contribution is -2.29. The Morgan fingerprint density at radius 2 is 2.43 bits per heavy atom. The van der Waals surface area contributed by atoms with E-state index >= 15 is 0 Å². The molecule has 0 aromatic rings. The molecule has 78 valence electrons. The molecule has 5 nitrogen and oxygen atoms in total. The molecular formula is C9H15N3O2. The van der Waals surface area contributed by atoms with E-state index < -0.39 is 0 Å². The van der Waals surface area contributed by atoms with Crippen LogP contribution in [0.2, 0.25) is 0 Å². The molecule has 3 N–H and O–H groups in total. The summed E-state index contributed by atoms with van der Waals surface area (Å²) in [4.78, 5) is 11.0. The summed E-state index contributed by atoms with van der Waals surface area (Å²) in [5, 5.41) is 10.6. The fourth-order valence-electron chi connectivity index (χ4n) is 1.51. The van der Waals surface area contributed by atoms with Gasteiger partial charge in [0.1, 0.15) is 13.2 Å². The van der Waals surface area contributed by atoms with Crippen molar-refractivity contribution in [1.82, 2.24) is 5.32 Å². The summed E-state index contributed by atoms with van der Waals surface area (Å²) in [5.74, 6) is -0.243. The van der Waals surface area contributed by atoms with Gasteiger partial charge in [0.05, 0.1) is 12.2 Å². The van der Waals surface area contributed by atoms with Gasteiger partial charge in [0, 0.05) is 6.04 Å². The van der Waals surface area contributed by atoms with Crippen LogP contribution in [0.4, 0.5) is 0 Å². The highest BCUT2D eigenvalue weighted by molar-refractivity contribution is 5.77. The summed E-state index contributed by atoms with van der Waals surface area (Å²) in [5.41, 5.74) is 5.69. The van der Waals surface area contributed by atoms with Gasteiger partial charge >= 0.3 is 0 Å². The van der Waals surface area contributed by atoms with Crippen LogP contribution in [-0.2, 0) is 9.53 Å². The Morgan fingerprint density at radius 3 is 3.00 bits per heavy atom. The molecule has 1 aliphatic carbocycles. The predicted octanol–water partition coefficient (Wildman–Crippen LogP) is -0.477. The van der Waals surface area contributed by atoms with Crippen LogP contribution < -0.4 is 11.1 Å². The lowest BCUT2D eigenvalue weighted by molar-refractivity contribution is -0.127. The molecule has 5 heteroatoms. The SMILES string of the molecule is N#CCNC(=O)COC1CCC(N)C1. The number of carbonyl (C=O) groups excluding carboxylic acids is 1. The van der Waals surface area contributed by atoms with Crippen LogP contribution in [0.1, 0.15) is 19.3 Å². The normalized spacial score (nSPS) is 25.7. The lowest BCUT2D eigenvalue weighted by atomic mass is 10.3. The van der Waals surface area contributed by atoms with Crippen molar-refractivity contribution in [3.63, 3.8) is 0 Å². The number of carbonyl (C=O) groups is 1. The van der Waals surface area contributed by atoms with E-state index in [0.717, 1.165) is 19.3 Å². The van der Waals surface area contributed by atoms with Crippen molar-refractivity contribution in [3.05, 3.63) is 0 Å². The van der Waals surface area contributed by atoms with Gasteiger partial charge in [-0.2, -0.15) is 5.26 Å². The van der Waals surface area contributed by atoms with E-state index in [2.05, 4.69) is 5.32 Å². The number of hydrogen-bond acceptors (Lipinski definition) is 4. The highest BCUT2D eigenvalue weighted by atomic mass is 16.5. The number of nitrogens with zero attached hydrogens (tertiary/aromatic N) is 1. The third kappa shape index (κ3) is 3.73. The molecule has 1 aliphatic rings. The first kappa shape index (κ1) is 11.0. The Kier molecular flexibility index (Phi) is 4.36. The molecule has 14 heavy (non-hydrogen) atoms. The number of rotatable bonds is 4. The van der Waals surface area contributed by atoms with E-state index in [9.17, 15) is 4.79 Å². The summed E-state index contributed by atoms with van der Waals surface area (Å²) < 4.78 is 5.33. The van der Waals surface area contributed by atoms with Gasteiger partial charge in [-0.1, -0.05) is 0 Å². The molecule has 1 fully saturated rings. The van der Waals surface area contributed by atoms with E-state index in [1.165, 1.54) is 0 Å². The van der Waals surface area contributed by atoms with Crippen molar-refractivity contribution in [2.75, 3.05) is 13.2 Å². The van der Waals surface area contributed by atoms with Crippen LogP contribution in [-0.4, -0.2) is 31.2 Å². The van der Waals surface area contributed by atoms with Crippen LogP contribution in [0.25, 0.3) is 0 Å². The maximum Gasteiger partial charge on any atom is 0.246 e. The van der Waals surface area contributed by atoms with E-state index in [4.69, 9.17) is 15.7 Å². The third-order valence-electron chi connectivity index (χ3n) is 2.24. The quantitative estimate of drug-likeness (QED) is 0.596. The number of nitriles is 1. The topological polar surface area (TPSA) is 88.1 Å². The summed E-state index contributed by atoms with van der Waals surface area (Å²) >= 11 is 0. The van der Waals surface area contributed by atoms with Crippen molar-refractivity contribution in [2.24, 2.45) is 5.73 Å². The monoisotopic (exact) mass is 197 g/mol. The van der Waals surface area contributed by atoms with Crippen LogP contribution >= 0.6 is 0 Å². The second-order valence-electron chi connectivity index (χ2n) is 3.44. The minimum Gasteiger partial charge on any atom is -0.368 e. The first-order valence-corrected chi connectivity index (χ1v) is 4.73. The molecule has 2 atom stereocenters. The molecule has 2 unspecified atom stereocenters. The average Bonchev–Trinajstić information content (AvgIpc) is 2.58. The molecule has 0 radical (unpaired) electrons. The standard InChI is InChI=1S/C9H15N3O2/c10-3-4-12-9(13)6-14-8-2-1-7(11)5-8/h7-8H,1-2,4-6,11H2,(H,12,13). The second-order valence-corrected chi connectivity index (χ2v) is 3.44. The molecule has 1 saturated carbocycles. The Labute approximate surface area is 83.2 Å². The lowest BCUT2D eigenvalue weighted by Gasteiger charge is -2.10. The van der Waals surface area contributed by atoms with Gasteiger partial charge in [0.2, 0.25) is 5.91 Å². The summed E-state index contributed by atoms with van der Waals surface area (Å²) in [7, 11) is 0. The van der Waals surface area contributed by atoms with Crippen molar-refractivity contribution in [2.45, 2.75) is 31.4 Å². The minimum absolute atomic E-state index is 0.0269. The van der Waals surface area contributed by atoms with Gasteiger partial charge in [0.25, 0.3) is 0 Å². The first-order valence-electron chi connectivity index (χ1n) is 4.73. The van der Waals surface area contributed by atoms with Gasteiger partial charge in [-0.05, 0) is 19.3 Å². The summed E-state index contributed by atoms with van der Waals surface area (Å²) in [6, 6.07) is 2.04. The number of nitrogens with one attached hydrogen (secondary N) is 1. The van der Waals surface area contributed by atoms with Crippen LogP contribution in [0, 0.1) is 11.3 Å². The molecule has 0 aliphatic heterocycles. The van der Waals surface area contributed by atoms with E-state index in [1.807, 2.05) is 6.07 Å². The van der Waals surface area contributed by atoms with Crippen molar-refractivity contribution in [3.8, 4) is 6.07 Å². The highest BCUT2D eigenvalue weighted by Gasteiger charge is 2.22. The number of nitrogens with two attached hydrogens (primary N) is 1. The Morgan fingerprint density at radius 1 is 1.64 bits per heavy atom.